The molecular weight excluding hydrogens is 384 g/mol. The molecule has 2 aromatic rings. The third-order valence-electron chi connectivity index (χ3n) is 4.54. The fourth-order valence-corrected chi connectivity index (χ4v) is 3.09. The molecule has 0 aliphatic carbocycles. The highest BCUT2D eigenvalue weighted by molar-refractivity contribution is 5.84. The lowest BCUT2D eigenvalue weighted by atomic mass is 9.93. The van der Waals surface area contributed by atoms with E-state index in [9.17, 15) is 14.4 Å². The molecule has 0 fully saturated rings. The van der Waals surface area contributed by atoms with Gasteiger partial charge in [-0.15, -0.1) is 0 Å². The number of hydrogen-bond donors (Lipinski definition) is 2. The van der Waals surface area contributed by atoms with Crippen LogP contribution >= 0.6 is 0 Å². The van der Waals surface area contributed by atoms with E-state index in [1.165, 1.54) is 11.8 Å². The maximum Gasteiger partial charge on any atom is 0.276 e. The summed E-state index contributed by atoms with van der Waals surface area (Å²) in [6.45, 7) is 1.13. The number of fused-ring (bicyclic) bond motifs is 1. The number of nitriles is 1. The summed E-state index contributed by atoms with van der Waals surface area (Å²) in [4.78, 5) is 37.8. The molecule has 2 aromatic carbocycles. The zero-order valence-electron chi connectivity index (χ0n) is 16.3. The van der Waals surface area contributed by atoms with Gasteiger partial charge in [-0.05, 0) is 41.5 Å². The number of nitrogens with zero attached hydrogens (tertiary/aromatic N) is 2. The van der Waals surface area contributed by atoms with E-state index in [1.54, 1.807) is 30.5 Å². The van der Waals surface area contributed by atoms with Crippen molar-refractivity contribution in [1.82, 2.24) is 15.8 Å². The van der Waals surface area contributed by atoms with Gasteiger partial charge in [-0.1, -0.05) is 24.3 Å². The maximum absolute atomic E-state index is 12.4. The number of carbonyl (C=O) groups excluding carboxylic acids is 3. The standard InChI is InChI=1S/C22H20N4O4/c1-15(27)26-11-10-17-4-2-3-5-19(17)20(26)12-21(28)24-25-22(29)14-30-18-8-6-16(13-23)7-9-18/h2-11,20H,12,14H2,1H3,(H,24,28)(H,25,29)/t20-/m0/s1. The molecule has 3 rings (SSSR count). The number of hydrazine groups is 1. The molecule has 0 aromatic heterocycles. The SMILES string of the molecule is CC(=O)N1C=Cc2ccccc2[C@@H]1CC(=O)NNC(=O)COc1ccc(C#N)cc1. The largest absolute Gasteiger partial charge is 0.484 e. The van der Waals surface area contributed by atoms with Crippen LogP contribution in [0.15, 0.2) is 54.7 Å². The summed E-state index contributed by atoms with van der Waals surface area (Å²) in [5.41, 5.74) is 6.93. The lowest BCUT2D eigenvalue weighted by Gasteiger charge is -2.32. The molecule has 0 saturated heterocycles. The molecule has 0 radical (unpaired) electrons. The normalized spacial score (nSPS) is 14.3. The van der Waals surface area contributed by atoms with Gasteiger partial charge in [0.15, 0.2) is 6.61 Å². The van der Waals surface area contributed by atoms with Crippen LogP contribution in [0.2, 0.25) is 0 Å². The molecule has 30 heavy (non-hydrogen) atoms. The molecule has 0 bridgehead atoms. The Morgan fingerprint density at radius 1 is 1.07 bits per heavy atom. The van der Waals surface area contributed by atoms with E-state index in [4.69, 9.17) is 10.00 Å². The van der Waals surface area contributed by atoms with E-state index in [0.29, 0.717) is 11.3 Å². The number of nitrogens with one attached hydrogen (secondary N) is 2. The lowest BCUT2D eigenvalue weighted by Crippen LogP contribution is -2.45. The summed E-state index contributed by atoms with van der Waals surface area (Å²) in [6, 6.07) is 15.4. The Balaban J connectivity index is 1.53. The second-order valence-electron chi connectivity index (χ2n) is 6.61. The summed E-state index contributed by atoms with van der Waals surface area (Å²) in [5, 5.41) is 8.77. The van der Waals surface area contributed by atoms with Crippen molar-refractivity contribution in [3.8, 4) is 11.8 Å². The summed E-state index contributed by atoms with van der Waals surface area (Å²) in [7, 11) is 0. The highest BCUT2D eigenvalue weighted by Gasteiger charge is 2.28. The van der Waals surface area contributed by atoms with E-state index in [2.05, 4.69) is 10.9 Å². The molecule has 1 atom stereocenters. The van der Waals surface area contributed by atoms with Crippen LogP contribution in [0.5, 0.6) is 5.75 Å². The highest BCUT2D eigenvalue weighted by atomic mass is 16.5. The number of carbonyl (C=O) groups is 3. The molecule has 1 heterocycles. The first kappa shape index (κ1) is 20.6. The first-order chi connectivity index (χ1) is 14.5. The van der Waals surface area contributed by atoms with Crippen LogP contribution in [0.3, 0.4) is 0 Å². The minimum atomic E-state index is -0.542. The number of benzene rings is 2. The van der Waals surface area contributed by atoms with E-state index >= 15 is 0 Å². The van der Waals surface area contributed by atoms with Crippen LogP contribution in [-0.2, 0) is 14.4 Å². The molecule has 0 unspecified atom stereocenters. The van der Waals surface area contributed by atoms with E-state index in [-0.39, 0.29) is 18.9 Å². The summed E-state index contributed by atoms with van der Waals surface area (Å²) in [5.74, 6) is -0.736. The number of hydrogen-bond acceptors (Lipinski definition) is 5. The lowest BCUT2D eigenvalue weighted by molar-refractivity contribution is -0.132. The van der Waals surface area contributed by atoms with Crippen LogP contribution in [0.25, 0.3) is 6.08 Å². The fraction of sp³-hybridized carbons (Fsp3) is 0.182. The van der Waals surface area contributed by atoms with Crippen molar-refractivity contribution in [3.63, 3.8) is 0 Å². The minimum Gasteiger partial charge on any atom is -0.484 e. The van der Waals surface area contributed by atoms with Crippen molar-refractivity contribution < 1.29 is 19.1 Å². The molecule has 1 aliphatic rings. The Labute approximate surface area is 173 Å². The zero-order valence-corrected chi connectivity index (χ0v) is 16.3. The van der Waals surface area contributed by atoms with E-state index < -0.39 is 17.9 Å². The van der Waals surface area contributed by atoms with Gasteiger partial charge >= 0.3 is 0 Å². The molecule has 0 saturated carbocycles. The molecule has 2 N–H and O–H groups in total. The number of amides is 3. The number of ether oxygens (including phenoxy) is 1. The average molecular weight is 404 g/mol. The van der Waals surface area contributed by atoms with E-state index in [1.807, 2.05) is 36.4 Å². The monoisotopic (exact) mass is 404 g/mol. The molecule has 0 spiro atoms. The number of rotatable bonds is 5. The average Bonchev–Trinajstić information content (AvgIpc) is 2.76. The van der Waals surface area contributed by atoms with Crippen molar-refractivity contribution in [2.45, 2.75) is 19.4 Å². The second-order valence-corrected chi connectivity index (χ2v) is 6.61. The smallest absolute Gasteiger partial charge is 0.276 e. The Bertz CT molecular complexity index is 1020. The Morgan fingerprint density at radius 2 is 1.77 bits per heavy atom. The molecule has 8 heteroatoms. The van der Waals surface area contributed by atoms with Crippen molar-refractivity contribution in [1.29, 1.82) is 5.26 Å². The Kier molecular flexibility index (Phi) is 6.45. The topological polar surface area (TPSA) is 112 Å². The summed E-state index contributed by atoms with van der Waals surface area (Å²) in [6.07, 6.45) is 3.47. The van der Waals surface area contributed by atoms with Gasteiger partial charge in [-0.2, -0.15) is 5.26 Å². The Hall–Kier alpha value is -4.12. The molecular formula is C22H20N4O4. The third kappa shape index (κ3) is 5.02. The van der Waals surface area contributed by atoms with Crippen LogP contribution in [0, 0.1) is 11.3 Å². The van der Waals surface area contributed by atoms with Crippen LogP contribution < -0.4 is 15.6 Å². The Morgan fingerprint density at radius 3 is 2.47 bits per heavy atom. The third-order valence-corrected chi connectivity index (χ3v) is 4.54. The van der Waals surface area contributed by atoms with Crippen LogP contribution in [0.1, 0.15) is 36.1 Å². The van der Waals surface area contributed by atoms with Crippen LogP contribution in [0.4, 0.5) is 0 Å². The summed E-state index contributed by atoms with van der Waals surface area (Å²) >= 11 is 0. The highest BCUT2D eigenvalue weighted by Crippen LogP contribution is 2.32. The second kappa shape index (κ2) is 9.39. The molecule has 3 amide bonds. The van der Waals surface area contributed by atoms with Gasteiger partial charge in [-0.25, -0.2) is 0 Å². The van der Waals surface area contributed by atoms with Crippen molar-refractivity contribution in [3.05, 3.63) is 71.4 Å². The fourth-order valence-electron chi connectivity index (χ4n) is 3.09. The summed E-state index contributed by atoms with van der Waals surface area (Å²) < 4.78 is 5.31. The van der Waals surface area contributed by atoms with Crippen molar-refractivity contribution >= 4 is 23.8 Å². The zero-order chi connectivity index (χ0) is 21.5. The van der Waals surface area contributed by atoms with Gasteiger partial charge in [0.2, 0.25) is 11.8 Å². The van der Waals surface area contributed by atoms with Gasteiger partial charge in [-0.3, -0.25) is 25.2 Å². The van der Waals surface area contributed by atoms with E-state index in [0.717, 1.165) is 11.1 Å². The van der Waals surface area contributed by atoms with Gasteiger partial charge < -0.3 is 9.64 Å². The van der Waals surface area contributed by atoms with Gasteiger partial charge in [0.1, 0.15) is 5.75 Å². The molecule has 1 aliphatic heterocycles. The van der Waals surface area contributed by atoms with Crippen molar-refractivity contribution in [2.75, 3.05) is 6.61 Å². The van der Waals surface area contributed by atoms with Crippen LogP contribution in [-0.4, -0.2) is 29.2 Å². The van der Waals surface area contributed by atoms with Gasteiger partial charge in [0.25, 0.3) is 5.91 Å². The molecule has 8 nitrogen and oxygen atoms in total. The minimum absolute atomic E-state index is 0.0162. The quantitative estimate of drug-likeness (QED) is 0.741. The van der Waals surface area contributed by atoms with Crippen molar-refractivity contribution in [2.24, 2.45) is 0 Å². The van der Waals surface area contributed by atoms with Gasteiger partial charge in [0, 0.05) is 13.1 Å². The van der Waals surface area contributed by atoms with Gasteiger partial charge in [0.05, 0.1) is 24.1 Å². The predicted molar refractivity (Wildman–Crippen MR) is 108 cm³/mol. The maximum atomic E-state index is 12.4. The first-order valence-electron chi connectivity index (χ1n) is 9.24. The molecule has 152 valence electrons. The first-order valence-corrected chi connectivity index (χ1v) is 9.24. The predicted octanol–water partition coefficient (Wildman–Crippen LogP) is 2.05.